The maximum absolute atomic E-state index is 12.7. The zero-order valence-electron chi connectivity index (χ0n) is 16.1. The molecular formula is C23H27N3O2. The van der Waals surface area contributed by atoms with E-state index >= 15 is 0 Å². The highest BCUT2D eigenvalue weighted by molar-refractivity contribution is 5.87. The molecule has 28 heavy (non-hydrogen) atoms. The molecule has 0 spiro atoms. The molecule has 0 aliphatic carbocycles. The number of hydrogen-bond donors (Lipinski definition) is 1. The Balaban J connectivity index is 1.31. The number of nitrogens with zero attached hydrogens (tertiary/aromatic N) is 2. The predicted molar refractivity (Wildman–Crippen MR) is 109 cm³/mol. The maximum Gasteiger partial charge on any atom is 0.236 e. The average molecular weight is 377 g/mol. The lowest BCUT2D eigenvalue weighted by Gasteiger charge is -2.48. The molecule has 2 aliphatic rings. The van der Waals surface area contributed by atoms with Crippen molar-refractivity contribution in [3.05, 3.63) is 71.8 Å². The van der Waals surface area contributed by atoms with Gasteiger partial charge in [-0.25, -0.2) is 0 Å². The van der Waals surface area contributed by atoms with Crippen molar-refractivity contribution in [1.29, 1.82) is 0 Å². The van der Waals surface area contributed by atoms with Crippen LogP contribution in [0.2, 0.25) is 0 Å². The number of hydrogen-bond acceptors (Lipinski definition) is 3. The normalized spacial score (nSPS) is 21.3. The van der Waals surface area contributed by atoms with Gasteiger partial charge in [0.05, 0.1) is 12.0 Å². The summed E-state index contributed by atoms with van der Waals surface area (Å²) >= 11 is 0. The second kappa shape index (κ2) is 7.76. The van der Waals surface area contributed by atoms with Crippen molar-refractivity contribution in [1.82, 2.24) is 9.80 Å². The molecular weight excluding hydrogens is 350 g/mol. The number of benzene rings is 2. The summed E-state index contributed by atoms with van der Waals surface area (Å²) in [6, 6.07) is 20.4. The standard InChI is InChI=1S/C23H27N3O2/c24-22(28)23(13-18-7-3-1-4-8-18)16-26(17-23)21(27)15-25-12-11-20(14-25)19-9-5-2-6-10-19/h1-10,20H,11-17H2,(H2,24,28). The number of nitrogens with two attached hydrogens (primary N) is 1. The highest BCUT2D eigenvalue weighted by Gasteiger charge is 2.49. The van der Waals surface area contributed by atoms with Crippen LogP contribution >= 0.6 is 0 Å². The van der Waals surface area contributed by atoms with Crippen LogP contribution in [0.1, 0.15) is 23.5 Å². The molecule has 2 aliphatic heterocycles. The predicted octanol–water partition coefficient (Wildman–Crippen LogP) is 2.03. The summed E-state index contributed by atoms with van der Waals surface area (Å²) in [6.07, 6.45) is 1.67. The van der Waals surface area contributed by atoms with E-state index in [-0.39, 0.29) is 11.8 Å². The van der Waals surface area contributed by atoms with Gasteiger partial charge in [0.15, 0.2) is 0 Å². The minimum absolute atomic E-state index is 0.0960. The van der Waals surface area contributed by atoms with Crippen molar-refractivity contribution in [2.45, 2.75) is 18.8 Å². The van der Waals surface area contributed by atoms with Gasteiger partial charge in [0.2, 0.25) is 11.8 Å². The van der Waals surface area contributed by atoms with E-state index in [0.717, 1.165) is 25.1 Å². The Morgan fingerprint density at radius 2 is 1.64 bits per heavy atom. The topological polar surface area (TPSA) is 66.6 Å². The molecule has 2 saturated heterocycles. The molecule has 1 atom stereocenters. The van der Waals surface area contributed by atoms with E-state index in [1.807, 2.05) is 36.4 Å². The van der Waals surface area contributed by atoms with Crippen LogP contribution in [0.15, 0.2) is 60.7 Å². The quantitative estimate of drug-likeness (QED) is 0.838. The molecule has 0 saturated carbocycles. The summed E-state index contributed by atoms with van der Waals surface area (Å²) < 4.78 is 0. The first-order chi connectivity index (χ1) is 13.6. The monoisotopic (exact) mass is 377 g/mol. The Morgan fingerprint density at radius 1 is 1.00 bits per heavy atom. The summed E-state index contributed by atoms with van der Waals surface area (Å²) in [6.45, 7) is 3.11. The smallest absolute Gasteiger partial charge is 0.236 e. The number of rotatable bonds is 6. The van der Waals surface area contributed by atoms with Crippen molar-refractivity contribution in [3.8, 4) is 0 Å². The van der Waals surface area contributed by atoms with Crippen LogP contribution < -0.4 is 5.73 Å². The third-order valence-electron chi connectivity index (χ3n) is 6.15. The third kappa shape index (κ3) is 3.80. The van der Waals surface area contributed by atoms with Crippen molar-refractivity contribution >= 4 is 11.8 Å². The fourth-order valence-corrected chi connectivity index (χ4v) is 4.47. The lowest BCUT2D eigenvalue weighted by Crippen LogP contribution is -2.65. The highest BCUT2D eigenvalue weighted by Crippen LogP contribution is 2.34. The summed E-state index contributed by atoms with van der Waals surface area (Å²) in [4.78, 5) is 28.8. The maximum atomic E-state index is 12.7. The first-order valence-electron chi connectivity index (χ1n) is 9.95. The number of carbonyl (C=O) groups is 2. The van der Waals surface area contributed by atoms with Crippen LogP contribution in [0.5, 0.6) is 0 Å². The Labute approximate surface area is 166 Å². The molecule has 2 fully saturated rings. The van der Waals surface area contributed by atoms with E-state index in [1.165, 1.54) is 5.56 Å². The van der Waals surface area contributed by atoms with Gasteiger partial charge in [0.25, 0.3) is 0 Å². The molecule has 2 amide bonds. The molecule has 0 aromatic heterocycles. The molecule has 1 unspecified atom stereocenters. The SMILES string of the molecule is NC(=O)C1(Cc2ccccc2)CN(C(=O)CN2CCC(c3ccccc3)C2)C1. The number of carbonyl (C=O) groups excluding carboxylic acids is 2. The summed E-state index contributed by atoms with van der Waals surface area (Å²) in [5, 5.41) is 0. The minimum atomic E-state index is -0.630. The highest BCUT2D eigenvalue weighted by atomic mass is 16.2. The molecule has 2 aromatic rings. The lowest BCUT2D eigenvalue weighted by atomic mass is 9.74. The van der Waals surface area contributed by atoms with Crippen molar-refractivity contribution < 1.29 is 9.59 Å². The largest absolute Gasteiger partial charge is 0.369 e. The van der Waals surface area contributed by atoms with Gasteiger partial charge in [-0.15, -0.1) is 0 Å². The van der Waals surface area contributed by atoms with E-state index in [9.17, 15) is 9.59 Å². The van der Waals surface area contributed by atoms with Crippen LogP contribution in [0.25, 0.3) is 0 Å². The summed E-state index contributed by atoms with van der Waals surface area (Å²) in [5.74, 6) is 0.276. The summed E-state index contributed by atoms with van der Waals surface area (Å²) in [5.41, 5.74) is 7.50. The molecule has 4 rings (SSSR count). The Morgan fingerprint density at radius 3 is 2.29 bits per heavy atom. The van der Waals surface area contributed by atoms with Crippen molar-refractivity contribution in [2.24, 2.45) is 11.1 Å². The van der Waals surface area contributed by atoms with Crippen LogP contribution in [-0.2, 0) is 16.0 Å². The molecule has 2 heterocycles. The molecule has 5 nitrogen and oxygen atoms in total. The third-order valence-corrected chi connectivity index (χ3v) is 6.15. The number of likely N-dealkylation sites (tertiary alicyclic amines) is 2. The zero-order chi connectivity index (χ0) is 19.6. The van der Waals surface area contributed by atoms with Crippen LogP contribution in [-0.4, -0.2) is 54.3 Å². The van der Waals surface area contributed by atoms with Gasteiger partial charge in [0.1, 0.15) is 0 Å². The van der Waals surface area contributed by atoms with E-state index < -0.39 is 5.41 Å². The van der Waals surface area contributed by atoms with Gasteiger partial charge in [-0.3, -0.25) is 14.5 Å². The fraction of sp³-hybridized carbons (Fsp3) is 0.391. The van der Waals surface area contributed by atoms with Crippen LogP contribution in [0.4, 0.5) is 0 Å². The number of amides is 2. The van der Waals surface area contributed by atoms with E-state index in [4.69, 9.17) is 5.73 Å². The molecule has 0 radical (unpaired) electrons. The lowest BCUT2D eigenvalue weighted by molar-refractivity contribution is -0.152. The fourth-order valence-electron chi connectivity index (χ4n) is 4.47. The van der Waals surface area contributed by atoms with E-state index in [1.54, 1.807) is 4.90 Å². The molecule has 5 heteroatoms. The average Bonchev–Trinajstić information content (AvgIpc) is 3.14. The van der Waals surface area contributed by atoms with Crippen molar-refractivity contribution in [2.75, 3.05) is 32.7 Å². The first-order valence-corrected chi connectivity index (χ1v) is 9.95. The molecule has 2 aromatic carbocycles. The zero-order valence-corrected chi connectivity index (χ0v) is 16.1. The van der Waals surface area contributed by atoms with Gasteiger partial charge in [-0.05, 0) is 36.4 Å². The van der Waals surface area contributed by atoms with Gasteiger partial charge >= 0.3 is 0 Å². The molecule has 146 valence electrons. The Hall–Kier alpha value is -2.66. The number of primary amides is 1. The van der Waals surface area contributed by atoms with E-state index in [0.29, 0.717) is 32.0 Å². The van der Waals surface area contributed by atoms with Gasteiger partial charge in [-0.2, -0.15) is 0 Å². The minimum Gasteiger partial charge on any atom is -0.369 e. The molecule has 0 bridgehead atoms. The summed E-state index contributed by atoms with van der Waals surface area (Å²) in [7, 11) is 0. The second-order valence-corrected chi connectivity index (χ2v) is 8.19. The van der Waals surface area contributed by atoms with Gasteiger partial charge in [-0.1, -0.05) is 60.7 Å². The Bertz CT molecular complexity index is 831. The molecule has 2 N–H and O–H groups in total. The van der Waals surface area contributed by atoms with Crippen molar-refractivity contribution in [3.63, 3.8) is 0 Å². The van der Waals surface area contributed by atoms with Gasteiger partial charge < -0.3 is 10.6 Å². The van der Waals surface area contributed by atoms with E-state index in [2.05, 4.69) is 29.2 Å². The second-order valence-electron chi connectivity index (χ2n) is 8.19. The van der Waals surface area contributed by atoms with Crippen LogP contribution in [0, 0.1) is 5.41 Å². The Kier molecular flexibility index (Phi) is 5.18. The van der Waals surface area contributed by atoms with Gasteiger partial charge in [0, 0.05) is 19.6 Å². The van der Waals surface area contributed by atoms with Crippen LogP contribution in [0.3, 0.4) is 0 Å². The first kappa shape index (κ1) is 18.7.